The van der Waals surface area contributed by atoms with Crippen LogP contribution in [0.5, 0.6) is 0 Å². The number of aryl methyl sites for hydroxylation is 1. The van der Waals surface area contributed by atoms with E-state index in [1.165, 1.54) is 12.8 Å². The zero-order valence-electron chi connectivity index (χ0n) is 5.54. The van der Waals surface area contributed by atoms with Crippen LogP contribution in [-0.2, 0) is 6.54 Å². The number of hydrogen-bond acceptors (Lipinski definition) is 2. The fourth-order valence-corrected chi connectivity index (χ4v) is 0.633. The lowest BCUT2D eigenvalue weighted by atomic mass is 10.3. The molecule has 0 spiro atoms. The number of nitrogens with zero attached hydrogens (tertiary/aromatic N) is 3. The first-order valence-corrected chi connectivity index (χ1v) is 3.19. The lowest BCUT2D eigenvalue weighted by Gasteiger charge is -1.94. The van der Waals surface area contributed by atoms with Crippen molar-refractivity contribution in [1.29, 1.82) is 0 Å². The van der Waals surface area contributed by atoms with Crippen LogP contribution in [0.1, 0.15) is 19.8 Å². The average Bonchev–Trinajstić information content (AvgIpc) is 2.34. The van der Waals surface area contributed by atoms with Gasteiger partial charge in [0.2, 0.25) is 6.33 Å². The first kappa shape index (κ1) is 6.26. The molecule has 1 radical (unpaired) electrons. The zero-order chi connectivity index (χ0) is 6.53. The second kappa shape index (κ2) is 3.22. The van der Waals surface area contributed by atoms with E-state index >= 15 is 0 Å². The molecule has 0 bridgehead atoms. The quantitative estimate of drug-likeness (QED) is 0.598. The predicted molar refractivity (Wildman–Crippen MR) is 33.8 cm³/mol. The molecule has 3 nitrogen and oxygen atoms in total. The maximum Gasteiger partial charge on any atom is 0.201 e. The van der Waals surface area contributed by atoms with Gasteiger partial charge in [-0.1, -0.05) is 13.3 Å². The van der Waals surface area contributed by atoms with Crippen molar-refractivity contribution >= 4 is 0 Å². The SMILES string of the molecule is CCCCn1[c]nnc1. The molecular formula is C6H10N3. The van der Waals surface area contributed by atoms with Crippen LogP contribution in [0, 0.1) is 6.33 Å². The molecular weight excluding hydrogens is 114 g/mol. The monoisotopic (exact) mass is 124 g/mol. The van der Waals surface area contributed by atoms with Crippen molar-refractivity contribution in [2.24, 2.45) is 0 Å². The van der Waals surface area contributed by atoms with Gasteiger partial charge < -0.3 is 4.57 Å². The predicted octanol–water partition coefficient (Wildman–Crippen LogP) is 0.878. The van der Waals surface area contributed by atoms with E-state index in [4.69, 9.17) is 0 Å². The molecule has 0 aliphatic carbocycles. The van der Waals surface area contributed by atoms with E-state index in [0.29, 0.717) is 0 Å². The highest BCUT2D eigenvalue weighted by atomic mass is 15.2. The summed E-state index contributed by atoms with van der Waals surface area (Å²) in [5.74, 6) is 0. The van der Waals surface area contributed by atoms with Gasteiger partial charge >= 0.3 is 0 Å². The Balaban J connectivity index is 2.30. The Morgan fingerprint density at radius 1 is 1.67 bits per heavy atom. The van der Waals surface area contributed by atoms with Gasteiger partial charge in [-0.15, -0.1) is 10.2 Å². The van der Waals surface area contributed by atoms with Gasteiger partial charge in [-0.3, -0.25) is 0 Å². The molecule has 1 heterocycles. The second-order valence-corrected chi connectivity index (χ2v) is 1.98. The van der Waals surface area contributed by atoms with Gasteiger partial charge in [0.25, 0.3) is 0 Å². The van der Waals surface area contributed by atoms with E-state index < -0.39 is 0 Å². The average molecular weight is 124 g/mol. The van der Waals surface area contributed by atoms with Crippen LogP contribution >= 0.6 is 0 Å². The molecule has 0 N–H and O–H groups in total. The minimum atomic E-state index is 0.990. The smallest absolute Gasteiger partial charge is 0.201 e. The summed E-state index contributed by atoms with van der Waals surface area (Å²) in [4.78, 5) is 0. The van der Waals surface area contributed by atoms with Crippen LogP contribution in [0.3, 0.4) is 0 Å². The van der Waals surface area contributed by atoms with Crippen LogP contribution in [0.4, 0.5) is 0 Å². The Kier molecular flexibility index (Phi) is 2.24. The molecule has 0 aromatic carbocycles. The van der Waals surface area contributed by atoms with E-state index in [1.807, 2.05) is 4.57 Å². The fraction of sp³-hybridized carbons (Fsp3) is 0.667. The molecule has 0 fully saturated rings. The lowest BCUT2D eigenvalue weighted by molar-refractivity contribution is 0.626. The van der Waals surface area contributed by atoms with Crippen molar-refractivity contribution in [2.45, 2.75) is 26.3 Å². The Labute approximate surface area is 54.7 Å². The number of rotatable bonds is 3. The fourth-order valence-electron chi connectivity index (χ4n) is 0.633. The highest BCUT2D eigenvalue weighted by molar-refractivity contribution is 4.56. The molecule has 1 aromatic rings. The van der Waals surface area contributed by atoms with Crippen LogP contribution in [0.2, 0.25) is 0 Å². The molecule has 0 unspecified atom stereocenters. The minimum absolute atomic E-state index is 0.990. The maximum absolute atomic E-state index is 3.63. The highest BCUT2D eigenvalue weighted by Crippen LogP contribution is 1.90. The molecule has 0 amide bonds. The van der Waals surface area contributed by atoms with Gasteiger partial charge in [0.1, 0.15) is 6.33 Å². The third-order valence-electron chi connectivity index (χ3n) is 1.17. The third-order valence-corrected chi connectivity index (χ3v) is 1.17. The van der Waals surface area contributed by atoms with E-state index in [-0.39, 0.29) is 0 Å². The molecule has 0 aliphatic rings. The normalized spacial score (nSPS) is 9.89. The molecule has 0 saturated carbocycles. The van der Waals surface area contributed by atoms with Crippen LogP contribution < -0.4 is 0 Å². The molecule has 0 saturated heterocycles. The summed E-state index contributed by atoms with van der Waals surface area (Å²) < 4.78 is 1.86. The summed E-state index contributed by atoms with van der Waals surface area (Å²) in [6, 6.07) is 0. The largest absolute Gasteiger partial charge is 0.311 e. The lowest BCUT2D eigenvalue weighted by Crippen LogP contribution is -1.92. The number of hydrogen-bond donors (Lipinski definition) is 0. The van der Waals surface area contributed by atoms with Crippen LogP contribution in [0.25, 0.3) is 0 Å². The summed E-state index contributed by atoms with van der Waals surface area (Å²) >= 11 is 0. The molecule has 1 rings (SSSR count). The summed E-state index contributed by atoms with van der Waals surface area (Å²) in [6.45, 7) is 3.15. The third kappa shape index (κ3) is 1.83. The Morgan fingerprint density at radius 2 is 2.56 bits per heavy atom. The molecule has 0 atom stereocenters. The summed E-state index contributed by atoms with van der Waals surface area (Å²) in [5.41, 5.74) is 0. The second-order valence-electron chi connectivity index (χ2n) is 1.98. The molecule has 49 valence electrons. The van der Waals surface area contributed by atoms with Crippen LogP contribution in [-0.4, -0.2) is 14.8 Å². The van der Waals surface area contributed by atoms with E-state index in [2.05, 4.69) is 23.4 Å². The van der Waals surface area contributed by atoms with Gasteiger partial charge in [0.05, 0.1) is 0 Å². The van der Waals surface area contributed by atoms with Crippen molar-refractivity contribution in [2.75, 3.05) is 0 Å². The Morgan fingerprint density at radius 3 is 3.11 bits per heavy atom. The van der Waals surface area contributed by atoms with Crippen molar-refractivity contribution in [3.8, 4) is 0 Å². The molecule has 3 heteroatoms. The van der Waals surface area contributed by atoms with Gasteiger partial charge in [-0.2, -0.15) is 0 Å². The summed E-state index contributed by atoms with van der Waals surface area (Å²) in [6.07, 6.45) is 6.79. The molecule has 0 aliphatic heterocycles. The Hall–Kier alpha value is -0.860. The van der Waals surface area contributed by atoms with Crippen molar-refractivity contribution in [3.63, 3.8) is 0 Å². The first-order valence-electron chi connectivity index (χ1n) is 3.19. The summed E-state index contributed by atoms with van der Waals surface area (Å²) in [7, 11) is 0. The molecule has 1 aromatic heterocycles. The van der Waals surface area contributed by atoms with Crippen molar-refractivity contribution < 1.29 is 0 Å². The standard InChI is InChI=1S/C6H10N3/c1-2-3-4-9-5-7-8-6-9/h5H,2-4H2,1H3. The topological polar surface area (TPSA) is 30.7 Å². The Bertz CT molecular complexity index is 145. The van der Waals surface area contributed by atoms with Gasteiger partial charge in [-0.05, 0) is 6.42 Å². The van der Waals surface area contributed by atoms with E-state index in [1.54, 1.807) is 6.33 Å². The molecule has 9 heavy (non-hydrogen) atoms. The van der Waals surface area contributed by atoms with Crippen molar-refractivity contribution in [1.82, 2.24) is 14.8 Å². The maximum atomic E-state index is 3.63. The summed E-state index contributed by atoms with van der Waals surface area (Å²) in [5, 5.41) is 7.20. The van der Waals surface area contributed by atoms with E-state index in [9.17, 15) is 0 Å². The minimum Gasteiger partial charge on any atom is -0.311 e. The van der Waals surface area contributed by atoms with Crippen LogP contribution in [0.15, 0.2) is 6.33 Å². The van der Waals surface area contributed by atoms with Gasteiger partial charge in [-0.25, -0.2) is 0 Å². The zero-order valence-corrected chi connectivity index (χ0v) is 5.54. The highest BCUT2D eigenvalue weighted by Gasteiger charge is 1.87. The van der Waals surface area contributed by atoms with Gasteiger partial charge in [0.15, 0.2) is 0 Å². The number of unbranched alkanes of at least 4 members (excludes halogenated alkanes) is 1. The van der Waals surface area contributed by atoms with Crippen molar-refractivity contribution in [3.05, 3.63) is 12.7 Å². The van der Waals surface area contributed by atoms with Gasteiger partial charge in [0, 0.05) is 6.54 Å². The van der Waals surface area contributed by atoms with E-state index in [0.717, 1.165) is 6.54 Å². The first-order chi connectivity index (χ1) is 4.43. The number of aromatic nitrogens is 3.